The summed E-state index contributed by atoms with van der Waals surface area (Å²) in [5, 5.41) is 13.0. The highest BCUT2D eigenvalue weighted by Crippen LogP contribution is 2.37. The van der Waals surface area contributed by atoms with Gasteiger partial charge in [-0.15, -0.1) is 0 Å². The minimum absolute atomic E-state index is 0.0749. The Morgan fingerprint density at radius 2 is 2.03 bits per heavy atom. The number of nitriles is 1. The summed E-state index contributed by atoms with van der Waals surface area (Å²) in [6.45, 7) is 5.81. The zero-order valence-electron chi connectivity index (χ0n) is 20.8. The van der Waals surface area contributed by atoms with Crippen molar-refractivity contribution in [3.8, 4) is 6.07 Å². The van der Waals surface area contributed by atoms with E-state index >= 15 is 0 Å². The van der Waals surface area contributed by atoms with Crippen molar-refractivity contribution < 1.29 is 14.3 Å². The molecule has 4 rings (SSSR count). The molecular weight excluding hydrogens is 480 g/mol. The predicted octanol–water partition coefficient (Wildman–Crippen LogP) is 3.17. The number of carbonyl (C=O) groups excluding carboxylic acids is 2. The number of carbonyl (C=O) groups is 2. The molecule has 2 amide bonds. The smallest absolute Gasteiger partial charge is 0.252 e. The minimum Gasteiger partial charge on any atom is -0.368 e. The summed E-state index contributed by atoms with van der Waals surface area (Å²) >= 11 is 6.42. The third-order valence-electron chi connectivity index (χ3n) is 7.51. The number of aromatic nitrogens is 1. The molecule has 0 saturated carbocycles. The molecule has 3 atom stereocenters. The number of nitrogens with one attached hydrogen (secondary N) is 1. The van der Waals surface area contributed by atoms with Gasteiger partial charge in [-0.05, 0) is 50.3 Å². The number of pyridine rings is 1. The molecule has 0 bridgehead atoms. The van der Waals surface area contributed by atoms with Gasteiger partial charge in [0, 0.05) is 49.3 Å². The fourth-order valence-corrected chi connectivity index (χ4v) is 5.23. The van der Waals surface area contributed by atoms with Gasteiger partial charge < -0.3 is 19.5 Å². The quantitative estimate of drug-likeness (QED) is 0.670. The topological polar surface area (TPSA) is 104 Å². The number of hydrogen-bond donors (Lipinski definition) is 1. The Morgan fingerprint density at radius 3 is 2.67 bits per heavy atom. The second-order valence-corrected chi connectivity index (χ2v) is 10.3. The van der Waals surface area contributed by atoms with Crippen LogP contribution in [-0.2, 0) is 16.6 Å². The summed E-state index contributed by atoms with van der Waals surface area (Å²) < 4.78 is 6.76. The average Bonchev–Trinajstić information content (AvgIpc) is 3.39. The van der Waals surface area contributed by atoms with Crippen molar-refractivity contribution in [1.29, 1.82) is 5.26 Å². The van der Waals surface area contributed by atoms with Gasteiger partial charge in [-0.25, -0.2) is 0 Å². The number of amides is 2. The van der Waals surface area contributed by atoms with Crippen molar-refractivity contribution >= 4 is 23.4 Å². The van der Waals surface area contributed by atoms with Gasteiger partial charge in [-0.1, -0.05) is 36.2 Å². The van der Waals surface area contributed by atoms with Gasteiger partial charge in [0.25, 0.3) is 17.4 Å². The second-order valence-electron chi connectivity index (χ2n) is 9.86. The highest BCUT2D eigenvalue weighted by Gasteiger charge is 2.38. The largest absolute Gasteiger partial charge is 0.368 e. The number of likely N-dealkylation sites (tertiary alicyclic amines) is 1. The van der Waals surface area contributed by atoms with Gasteiger partial charge in [0.05, 0.1) is 5.54 Å². The fraction of sp³-hybridized carbons (Fsp3) is 0.481. The van der Waals surface area contributed by atoms with E-state index in [9.17, 15) is 19.6 Å². The van der Waals surface area contributed by atoms with E-state index in [1.807, 2.05) is 37.0 Å². The van der Waals surface area contributed by atoms with Crippen LogP contribution in [0.15, 0.2) is 51.3 Å². The van der Waals surface area contributed by atoms with Crippen LogP contribution in [0.4, 0.5) is 0 Å². The standard InChI is InChI=1S/C27H31ClN4O4/c1-17-11-21(28)15-20(12-18-6-8-32(9-7-18)26(35)23-5-4-10-36-23)27(17,2)30-25(34)19-13-22(16-29)31(3)24(33)14-19/h11-15,17,23H,4-10H2,1-3H3,(H,30,34). The number of allylic oxidation sites excluding steroid dienone is 2. The fourth-order valence-electron chi connectivity index (χ4n) is 4.93. The Morgan fingerprint density at radius 1 is 1.31 bits per heavy atom. The van der Waals surface area contributed by atoms with Gasteiger partial charge in [0.1, 0.15) is 17.9 Å². The lowest BCUT2D eigenvalue weighted by molar-refractivity contribution is -0.141. The predicted molar refractivity (Wildman–Crippen MR) is 136 cm³/mol. The first kappa shape index (κ1) is 25.9. The molecule has 3 heterocycles. The monoisotopic (exact) mass is 510 g/mol. The minimum atomic E-state index is -0.791. The lowest BCUT2D eigenvalue weighted by atomic mass is 9.75. The van der Waals surface area contributed by atoms with Gasteiger partial charge in [-0.2, -0.15) is 5.26 Å². The molecular formula is C27H31ClN4O4. The first-order chi connectivity index (χ1) is 17.1. The SMILES string of the molecule is CC1C=C(Cl)C=C(C=C2CCN(C(=O)C3CCCO3)CC2)C1(C)NC(=O)c1cc(C#N)n(C)c(=O)c1. The second kappa shape index (κ2) is 10.5. The van der Waals surface area contributed by atoms with Crippen molar-refractivity contribution in [2.24, 2.45) is 13.0 Å². The Hall–Kier alpha value is -3.15. The van der Waals surface area contributed by atoms with Gasteiger partial charge >= 0.3 is 0 Å². The number of ether oxygens (including phenoxy) is 1. The van der Waals surface area contributed by atoms with E-state index in [1.54, 1.807) is 0 Å². The Bertz CT molecular complexity index is 1260. The molecule has 1 aromatic rings. The molecule has 190 valence electrons. The van der Waals surface area contributed by atoms with E-state index in [4.69, 9.17) is 16.3 Å². The maximum Gasteiger partial charge on any atom is 0.252 e. The number of piperidine rings is 1. The molecule has 1 N–H and O–H groups in total. The van der Waals surface area contributed by atoms with Gasteiger partial charge in [0.2, 0.25) is 0 Å². The zero-order chi connectivity index (χ0) is 26.0. The molecule has 0 aromatic carbocycles. The Labute approximate surface area is 215 Å². The molecule has 1 aliphatic carbocycles. The summed E-state index contributed by atoms with van der Waals surface area (Å²) in [6, 6.07) is 4.60. The van der Waals surface area contributed by atoms with E-state index in [1.165, 1.54) is 29.3 Å². The van der Waals surface area contributed by atoms with Crippen molar-refractivity contribution in [2.45, 2.75) is 51.2 Å². The van der Waals surface area contributed by atoms with Crippen LogP contribution in [0.5, 0.6) is 0 Å². The molecule has 1 aromatic heterocycles. The van der Waals surface area contributed by atoms with Crippen molar-refractivity contribution in [3.05, 3.63) is 68.2 Å². The van der Waals surface area contributed by atoms with Crippen molar-refractivity contribution in [2.75, 3.05) is 19.7 Å². The number of hydrogen-bond acceptors (Lipinski definition) is 5. The third kappa shape index (κ3) is 5.18. The number of halogens is 1. The molecule has 0 spiro atoms. The Balaban J connectivity index is 1.53. The number of rotatable bonds is 4. The van der Waals surface area contributed by atoms with E-state index in [0.29, 0.717) is 24.7 Å². The lowest BCUT2D eigenvalue weighted by Crippen LogP contribution is -2.52. The molecule has 9 heteroatoms. The Kier molecular flexibility index (Phi) is 7.53. The summed E-state index contributed by atoms with van der Waals surface area (Å²) in [4.78, 5) is 40.0. The first-order valence-electron chi connectivity index (χ1n) is 12.3. The van der Waals surface area contributed by atoms with Crippen LogP contribution < -0.4 is 10.9 Å². The maximum atomic E-state index is 13.2. The van der Waals surface area contributed by atoms with Crippen LogP contribution in [-0.4, -0.2) is 52.6 Å². The third-order valence-corrected chi connectivity index (χ3v) is 7.74. The summed E-state index contributed by atoms with van der Waals surface area (Å²) in [7, 11) is 1.49. The van der Waals surface area contributed by atoms with Crippen LogP contribution in [0.3, 0.4) is 0 Å². The molecule has 0 radical (unpaired) electrons. The zero-order valence-corrected chi connectivity index (χ0v) is 21.6. The van der Waals surface area contributed by atoms with Crippen LogP contribution in [0, 0.1) is 17.2 Å². The van der Waals surface area contributed by atoms with E-state index < -0.39 is 17.0 Å². The molecule has 2 saturated heterocycles. The molecule has 2 fully saturated rings. The summed E-state index contributed by atoms with van der Waals surface area (Å²) in [5.41, 5.74) is 1.06. The maximum absolute atomic E-state index is 13.2. The van der Waals surface area contributed by atoms with Crippen LogP contribution in [0.25, 0.3) is 0 Å². The van der Waals surface area contributed by atoms with E-state index in [0.717, 1.165) is 31.3 Å². The van der Waals surface area contributed by atoms with Crippen LogP contribution >= 0.6 is 11.6 Å². The average molecular weight is 511 g/mol. The summed E-state index contributed by atoms with van der Waals surface area (Å²) in [5.74, 6) is -0.494. The highest BCUT2D eigenvalue weighted by atomic mass is 35.5. The van der Waals surface area contributed by atoms with Gasteiger partial charge in [-0.3, -0.25) is 14.4 Å². The first-order valence-corrected chi connectivity index (χ1v) is 12.6. The van der Waals surface area contributed by atoms with Crippen LogP contribution in [0.2, 0.25) is 0 Å². The molecule has 8 nitrogen and oxygen atoms in total. The van der Waals surface area contributed by atoms with E-state index in [-0.39, 0.29) is 29.2 Å². The molecule has 3 unspecified atom stereocenters. The van der Waals surface area contributed by atoms with Crippen molar-refractivity contribution in [3.63, 3.8) is 0 Å². The lowest BCUT2D eigenvalue weighted by Gasteiger charge is -2.40. The normalized spacial score (nSPS) is 26.1. The molecule has 2 aliphatic heterocycles. The van der Waals surface area contributed by atoms with Crippen molar-refractivity contribution in [1.82, 2.24) is 14.8 Å². The number of nitrogens with zero attached hydrogens (tertiary/aromatic N) is 3. The molecule has 3 aliphatic rings. The van der Waals surface area contributed by atoms with E-state index in [2.05, 4.69) is 11.4 Å². The highest BCUT2D eigenvalue weighted by molar-refractivity contribution is 6.31. The van der Waals surface area contributed by atoms with Crippen LogP contribution in [0.1, 0.15) is 55.6 Å². The summed E-state index contributed by atoms with van der Waals surface area (Å²) in [6.07, 6.45) is 8.68. The molecule has 36 heavy (non-hydrogen) atoms. The van der Waals surface area contributed by atoms with Gasteiger partial charge in [0.15, 0.2) is 0 Å².